The summed E-state index contributed by atoms with van der Waals surface area (Å²) >= 11 is 1.88. The van der Waals surface area contributed by atoms with Gasteiger partial charge in [0.25, 0.3) is 0 Å². The van der Waals surface area contributed by atoms with Crippen molar-refractivity contribution in [1.29, 1.82) is 0 Å². The first-order chi connectivity index (χ1) is 53.4. The number of hydrogen-bond acceptors (Lipinski definition) is 4. The number of hydrogen-bond donors (Lipinski definition) is 0. The van der Waals surface area contributed by atoms with Crippen LogP contribution >= 0.6 is 11.3 Å². The van der Waals surface area contributed by atoms with Crippen LogP contribution in [0.4, 0.5) is 34.1 Å². The summed E-state index contributed by atoms with van der Waals surface area (Å²) in [4.78, 5) is 4.76. The fourth-order valence-corrected chi connectivity index (χ4v) is 24.9. The van der Waals surface area contributed by atoms with E-state index in [-0.39, 0.29) is 10.8 Å². The lowest BCUT2D eigenvalue weighted by Crippen LogP contribution is -2.55. The molecule has 2 aromatic heterocycles. The predicted molar refractivity (Wildman–Crippen MR) is 451 cm³/mol. The van der Waals surface area contributed by atoms with Crippen molar-refractivity contribution in [3.05, 3.63) is 350 Å². The van der Waals surface area contributed by atoms with E-state index in [1.807, 2.05) is 23.5 Å². The van der Waals surface area contributed by atoms with E-state index in [4.69, 9.17) is 4.42 Å². The zero-order chi connectivity index (χ0) is 70.8. The summed E-state index contributed by atoms with van der Waals surface area (Å²) < 4.78 is 9.02. The lowest BCUT2D eigenvalue weighted by molar-refractivity contribution is -0.0399. The van der Waals surface area contributed by atoms with E-state index in [1.165, 1.54) is 157 Å². The summed E-state index contributed by atoms with van der Waals surface area (Å²) in [5.74, 6) is 6.98. The van der Waals surface area contributed by atoms with Crippen molar-refractivity contribution in [3.8, 4) is 66.8 Å². The van der Waals surface area contributed by atoms with Crippen molar-refractivity contribution in [1.82, 2.24) is 0 Å². The third-order valence-corrected chi connectivity index (χ3v) is 28.9. The molecular formula is C104H82N2OS. The molecule has 26 rings (SSSR count). The highest BCUT2D eigenvalue weighted by atomic mass is 32.1. The molecule has 0 aliphatic heterocycles. The molecule has 14 aromatic carbocycles. The number of para-hydroxylation sites is 1. The van der Waals surface area contributed by atoms with Gasteiger partial charge in [-0.15, -0.1) is 11.3 Å². The Balaban J connectivity index is 0.000000130. The average molecular weight is 1410 g/mol. The smallest absolute Gasteiger partial charge is 0.137 e. The van der Waals surface area contributed by atoms with Gasteiger partial charge in [0.1, 0.15) is 11.2 Å². The van der Waals surface area contributed by atoms with E-state index >= 15 is 0 Å². The summed E-state index contributed by atoms with van der Waals surface area (Å²) in [6, 6.07) is 122. The topological polar surface area (TPSA) is 19.6 Å². The van der Waals surface area contributed by atoms with Gasteiger partial charge in [0, 0.05) is 82.0 Å². The first-order valence-electron chi connectivity index (χ1n) is 39.8. The van der Waals surface area contributed by atoms with E-state index in [0.29, 0.717) is 0 Å². The Morgan fingerprint density at radius 1 is 0.231 bits per heavy atom. The fraction of sp³-hybridized carbons (Fsp3) is 0.192. The first-order valence-corrected chi connectivity index (χ1v) is 40.7. The van der Waals surface area contributed by atoms with Crippen LogP contribution in [0.2, 0.25) is 0 Å². The molecule has 0 radical (unpaired) electrons. The number of fused-ring (bicyclic) bond motifs is 12. The van der Waals surface area contributed by atoms with Crippen molar-refractivity contribution < 1.29 is 4.42 Å². The summed E-state index contributed by atoms with van der Waals surface area (Å²) in [5.41, 5.74) is 31.4. The van der Waals surface area contributed by atoms with Crippen LogP contribution in [0.3, 0.4) is 0 Å². The Labute approximate surface area is 636 Å². The quantitative estimate of drug-likeness (QED) is 0.136. The Kier molecular flexibility index (Phi) is 14.3. The van der Waals surface area contributed by atoms with Crippen LogP contribution in [0.15, 0.2) is 332 Å². The van der Waals surface area contributed by atoms with Crippen molar-refractivity contribution in [2.45, 2.75) is 75.0 Å². The molecule has 0 unspecified atom stereocenters. The van der Waals surface area contributed by atoms with Gasteiger partial charge in [-0.05, 0) is 298 Å². The molecule has 2 heterocycles. The maximum absolute atomic E-state index is 6.38. The SMILES string of the molecule is c1ccc(-c2ccc(N(c3ccc(-c4ccc5c(c4)-c4ccccc4C54C5CC6CC(C5)CC4C6)cc3)c3ccc4c(c3)oc3ccccc34)cc2)cc1.c1ccc(-c2ccc(N(c3ccc(-c4ccc5c(c4)-c4ccccc4C54C5CC6CC(C5)CC4C6)cc3)c3ccc4c(c3)sc3ccccc34)cc2)cc1. The highest BCUT2D eigenvalue weighted by molar-refractivity contribution is 7.25. The van der Waals surface area contributed by atoms with Crippen molar-refractivity contribution in [2.24, 2.45) is 47.3 Å². The Morgan fingerprint density at radius 2 is 0.565 bits per heavy atom. The van der Waals surface area contributed by atoms with Gasteiger partial charge < -0.3 is 14.2 Å². The van der Waals surface area contributed by atoms with Crippen molar-refractivity contribution >= 4 is 87.6 Å². The number of benzene rings is 14. The zero-order valence-corrected chi connectivity index (χ0v) is 61.4. The standard InChI is InChI=1S/C52H41NO.C52H41NS/c2*1-2-8-35(9-3-1)36-14-19-41(20-15-36)53(43-23-24-46-45-11-5-7-13-50(45)54-51(46)32-43)42-21-16-37(17-22-42)38-18-25-49-47(31-38)44-10-4-6-12-48(44)52(49)39-27-33-26-34(29-39)30-40(52)28-33/h2*1-25,31-34,39-40H,26-30H2. The monoisotopic (exact) mass is 1410 g/mol. The summed E-state index contributed by atoms with van der Waals surface area (Å²) in [7, 11) is 0. The second-order valence-corrected chi connectivity index (χ2v) is 34.2. The Bertz CT molecular complexity index is 5770. The molecule has 0 saturated heterocycles. The number of anilines is 6. The molecule has 520 valence electrons. The predicted octanol–water partition coefficient (Wildman–Crippen LogP) is 28.7. The third-order valence-electron chi connectivity index (χ3n) is 27.7. The highest BCUT2D eigenvalue weighted by Crippen LogP contribution is 2.71. The van der Waals surface area contributed by atoms with E-state index in [0.717, 1.165) is 97.7 Å². The molecule has 10 aliphatic carbocycles. The molecule has 8 saturated carbocycles. The molecule has 0 N–H and O–H groups in total. The number of furan rings is 1. The molecule has 10 aliphatic rings. The van der Waals surface area contributed by atoms with Gasteiger partial charge in [-0.1, -0.05) is 224 Å². The van der Waals surface area contributed by atoms with Crippen molar-refractivity contribution in [3.63, 3.8) is 0 Å². The fourth-order valence-electron chi connectivity index (χ4n) is 23.8. The summed E-state index contributed by atoms with van der Waals surface area (Å²) in [5, 5.41) is 4.94. The lowest BCUT2D eigenvalue weighted by Gasteiger charge is -2.61. The van der Waals surface area contributed by atoms with Gasteiger partial charge in [0.05, 0.1) is 0 Å². The van der Waals surface area contributed by atoms with Crippen LogP contribution in [0, 0.1) is 47.3 Å². The van der Waals surface area contributed by atoms with Gasteiger partial charge in [0.15, 0.2) is 0 Å². The number of nitrogens with zero attached hydrogens (tertiary/aromatic N) is 2. The second kappa shape index (κ2) is 24.6. The summed E-state index contributed by atoms with van der Waals surface area (Å²) in [6.07, 6.45) is 14.3. The largest absolute Gasteiger partial charge is 0.456 e. The van der Waals surface area contributed by atoms with Gasteiger partial charge in [-0.2, -0.15) is 0 Å². The van der Waals surface area contributed by atoms with Crippen LogP contribution in [0.25, 0.3) is 109 Å². The number of thiophene rings is 1. The summed E-state index contributed by atoms with van der Waals surface area (Å²) in [6.45, 7) is 0. The third kappa shape index (κ3) is 9.70. The molecule has 4 heteroatoms. The Morgan fingerprint density at radius 3 is 1.04 bits per heavy atom. The average Bonchev–Trinajstić information content (AvgIpc) is 1.51. The van der Waals surface area contributed by atoms with E-state index in [1.54, 1.807) is 22.3 Å². The van der Waals surface area contributed by atoms with E-state index < -0.39 is 0 Å². The van der Waals surface area contributed by atoms with Crippen LogP contribution < -0.4 is 9.80 Å². The molecule has 0 atom stereocenters. The van der Waals surface area contributed by atoms with Gasteiger partial charge in [0.2, 0.25) is 0 Å². The molecule has 8 bridgehead atoms. The Hall–Kier alpha value is -11.3. The zero-order valence-electron chi connectivity index (χ0n) is 60.6. The molecule has 0 amide bonds. The van der Waals surface area contributed by atoms with E-state index in [9.17, 15) is 0 Å². The van der Waals surface area contributed by atoms with Crippen LogP contribution in [-0.4, -0.2) is 0 Å². The van der Waals surface area contributed by atoms with Crippen molar-refractivity contribution in [2.75, 3.05) is 9.80 Å². The molecular weight excluding hydrogens is 1330 g/mol. The minimum Gasteiger partial charge on any atom is -0.456 e. The molecule has 108 heavy (non-hydrogen) atoms. The maximum Gasteiger partial charge on any atom is 0.137 e. The van der Waals surface area contributed by atoms with E-state index in [2.05, 4.69) is 325 Å². The van der Waals surface area contributed by atoms with Crippen LogP contribution in [0.1, 0.15) is 86.5 Å². The second-order valence-electron chi connectivity index (χ2n) is 33.1. The molecule has 16 aromatic rings. The molecule has 2 spiro atoms. The minimum absolute atomic E-state index is 0.208. The maximum atomic E-state index is 6.38. The lowest BCUT2D eigenvalue weighted by atomic mass is 9.43. The highest BCUT2D eigenvalue weighted by Gasteiger charge is 2.63. The van der Waals surface area contributed by atoms with Gasteiger partial charge in [-0.3, -0.25) is 0 Å². The number of rotatable bonds is 10. The van der Waals surface area contributed by atoms with Gasteiger partial charge in [-0.25, -0.2) is 0 Å². The molecule has 8 fully saturated rings. The minimum atomic E-state index is 0.208. The molecule has 3 nitrogen and oxygen atoms in total. The normalized spacial score (nSPS) is 23.3. The van der Waals surface area contributed by atoms with Crippen LogP contribution in [0.5, 0.6) is 0 Å². The van der Waals surface area contributed by atoms with Gasteiger partial charge >= 0.3 is 0 Å². The first kappa shape index (κ1) is 62.9. The van der Waals surface area contributed by atoms with Crippen LogP contribution in [-0.2, 0) is 10.8 Å².